The number of aromatic nitrogens is 2. The minimum atomic E-state index is 0.405. The third kappa shape index (κ3) is 4.33. The smallest absolute Gasteiger partial charge is 0.315 e. The summed E-state index contributed by atoms with van der Waals surface area (Å²) >= 11 is 1.81. The van der Waals surface area contributed by atoms with Crippen molar-refractivity contribution in [2.45, 2.75) is 46.3 Å². The van der Waals surface area contributed by atoms with Crippen molar-refractivity contribution in [3.05, 3.63) is 27.8 Å². The molecule has 2 aromatic rings. The Morgan fingerprint density at radius 2 is 2.00 bits per heavy atom. The van der Waals surface area contributed by atoms with Gasteiger partial charge < -0.3 is 15.1 Å². The van der Waals surface area contributed by atoms with Gasteiger partial charge in [0.15, 0.2) is 0 Å². The topological polar surface area (TPSA) is 63.0 Å². The number of hydrogen-bond acceptors (Lipinski definition) is 6. The molecule has 19 heavy (non-hydrogen) atoms. The third-order valence-electron chi connectivity index (χ3n) is 2.61. The van der Waals surface area contributed by atoms with E-state index in [1.165, 1.54) is 9.75 Å². The van der Waals surface area contributed by atoms with Crippen molar-refractivity contribution in [3.63, 3.8) is 0 Å². The SMILES string of the molecule is CCc1ccc(CNc2nnc(CNC(C)C)o2)s1. The molecule has 0 spiro atoms. The van der Waals surface area contributed by atoms with Crippen LogP contribution in [0.4, 0.5) is 6.01 Å². The summed E-state index contributed by atoms with van der Waals surface area (Å²) in [6, 6.07) is 5.18. The Morgan fingerprint density at radius 3 is 2.68 bits per heavy atom. The molecule has 0 unspecified atom stereocenters. The van der Waals surface area contributed by atoms with E-state index >= 15 is 0 Å². The second-order valence-electron chi connectivity index (χ2n) is 4.61. The molecule has 0 aliphatic carbocycles. The highest BCUT2D eigenvalue weighted by Crippen LogP contribution is 2.18. The first kappa shape index (κ1) is 14.0. The summed E-state index contributed by atoms with van der Waals surface area (Å²) in [7, 11) is 0. The van der Waals surface area contributed by atoms with Gasteiger partial charge in [-0.2, -0.15) is 0 Å². The molecule has 0 saturated carbocycles. The maximum absolute atomic E-state index is 5.50. The second-order valence-corrected chi connectivity index (χ2v) is 5.86. The molecule has 104 valence electrons. The molecular weight excluding hydrogens is 260 g/mol. The molecule has 0 aliphatic heterocycles. The molecule has 0 amide bonds. The summed E-state index contributed by atoms with van der Waals surface area (Å²) in [5.74, 6) is 0.608. The summed E-state index contributed by atoms with van der Waals surface area (Å²) in [5.41, 5.74) is 0. The predicted molar refractivity (Wildman–Crippen MR) is 77.3 cm³/mol. The van der Waals surface area contributed by atoms with E-state index in [0.717, 1.165) is 13.0 Å². The maximum atomic E-state index is 5.50. The fourth-order valence-corrected chi connectivity index (χ4v) is 2.46. The van der Waals surface area contributed by atoms with E-state index < -0.39 is 0 Å². The van der Waals surface area contributed by atoms with E-state index in [0.29, 0.717) is 24.5 Å². The van der Waals surface area contributed by atoms with Crippen LogP contribution >= 0.6 is 11.3 Å². The molecule has 5 nitrogen and oxygen atoms in total. The first-order valence-corrected chi connectivity index (χ1v) is 7.36. The zero-order chi connectivity index (χ0) is 13.7. The first-order valence-electron chi connectivity index (χ1n) is 6.54. The summed E-state index contributed by atoms with van der Waals surface area (Å²) < 4.78 is 5.50. The number of thiophene rings is 1. The van der Waals surface area contributed by atoms with E-state index in [1.807, 2.05) is 11.3 Å². The van der Waals surface area contributed by atoms with Crippen molar-refractivity contribution in [1.29, 1.82) is 0 Å². The number of aryl methyl sites for hydroxylation is 1. The van der Waals surface area contributed by atoms with E-state index in [9.17, 15) is 0 Å². The predicted octanol–water partition coefficient (Wildman–Crippen LogP) is 2.80. The van der Waals surface area contributed by atoms with Crippen LogP contribution in [-0.2, 0) is 19.5 Å². The van der Waals surface area contributed by atoms with Gasteiger partial charge in [-0.25, -0.2) is 0 Å². The number of nitrogens with one attached hydrogen (secondary N) is 2. The molecule has 0 aliphatic rings. The van der Waals surface area contributed by atoms with Crippen molar-refractivity contribution < 1.29 is 4.42 Å². The molecule has 6 heteroatoms. The van der Waals surface area contributed by atoms with Crippen molar-refractivity contribution in [2.75, 3.05) is 5.32 Å². The van der Waals surface area contributed by atoms with E-state index in [2.05, 4.69) is 53.7 Å². The highest BCUT2D eigenvalue weighted by molar-refractivity contribution is 7.12. The van der Waals surface area contributed by atoms with Crippen LogP contribution in [-0.4, -0.2) is 16.2 Å². The molecule has 2 N–H and O–H groups in total. The molecule has 0 bridgehead atoms. The summed E-state index contributed by atoms with van der Waals surface area (Å²) in [6.07, 6.45) is 1.08. The molecule has 2 heterocycles. The molecule has 2 rings (SSSR count). The first-order chi connectivity index (χ1) is 9.17. The van der Waals surface area contributed by atoms with E-state index in [1.54, 1.807) is 0 Å². The van der Waals surface area contributed by atoms with Crippen LogP contribution in [0.1, 0.15) is 36.4 Å². The van der Waals surface area contributed by atoms with Gasteiger partial charge in [-0.3, -0.25) is 0 Å². The average molecular weight is 280 g/mol. The molecule has 0 fully saturated rings. The highest BCUT2D eigenvalue weighted by atomic mass is 32.1. The van der Waals surface area contributed by atoms with Crippen LogP contribution in [0.25, 0.3) is 0 Å². The largest absolute Gasteiger partial charge is 0.407 e. The molecule has 2 aromatic heterocycles. The van der Waals surface area contributed by atoms with Gasteiger partial charge in [0, 0.05) is 15.8 Å². The van der Waals surface area contributed by atoms with Gasteiger partial charge in [0.25, 0.3) is 0 Å². The monoisotopic (exact) mass is 280 g/mol. The fraction of sp³-hybridized carbons (Fsp3) is 0.538. The van der Waals surface area contributed by atoms with Crippen LogP contribution in [0.3, 0.4) is 0 Å². The Hall–Kier alpha value is -1.40. The van der Waals surface area contributed by atoms with Gasteiger partial charge in [0.05, 0.1) is 13.1 Å². The standard InChI is InChI=1S/C13H20N4OS/c1-4-10-5-6-11(19-10)7-15-13-17-16-12(18-13)8-14-9(2)3/h5-6,9,14H,4,7-8H2,1-3H3,(H,15,17). The van der Waals surface area contributed by atoms with Gasteiger partial charge in [-0.15, -0.1) is 16.4 Å². The Bertz CT molecular complexity index is 506. The molecule has 0 atom stereocenters. The van der Waals surface area contributed by atoms with Crippen LogP contribution in [0.15, 0.2) is 16.5 Å². The average Bonchev–Trinajstić information content (AvgIpc) is 3.03. The van der Waals surface area contributed by atoms with E-state index in [4.69, 9.17) is 4.42 Å². The minimum Gasteiger partial charge on any atom is -0.407 e. The number of nitrogens with zero attached hydrogens (tertiary/aromatic N) is 2. The van der Waals surface area contributed by atoms with Gasteiger partial charge >= 0.3 is 6.01 Å². The lowest BCUT2D eigenvalue weighted by atomic mass is 10.4. The number of hydrogen-bond donors (Lipinski definition) is 2. The van der Waals surface area contributed by atoms with Gasteiger partial charge in [-0.05, 0) is 18.6 Å². The van der Waals surface area contributed by atoms with Crippen molar-refractivity contribution in [3.8, 4) is 0 Å². The van der Waals surface area contributed by atoms with Gasteiger partial charge in [-0.1, -0.05) is 25.9 Å². The van der Waals surface area contributed by atoms with Gasteiger partial charge in [0.1, 0.15) is 0 Å². The van der Waals surface area contributed by atoms with Crippen molar-refractivity contribution in [2.24, 2.45) is 0 Å². The fourth-order valence-electron chi connectivity index (χ4n) is 1.56. The summed E-state index contributed by atoms with van der Waals surface area (Å²) in [4.78, 5) is 2.67. The normalized spacial score (nSPS) is 11.2. The van der Waals surface area contributed by atoms with Crippen molar-refractivity contribution >= 4 is 17.4 Å². The molecular formula is C13H20N4OS. The molecule has 0 radical (unpaired) electrons. The number of anilines is 1. The van der Waals surface area contributed by atoms with Crippen molar-refractivity contribution in [1.82, 2.24) is 15.5 Å². The minimum absolute atomic E-state index is 0.405. The molecule has 0 saturated heterocycles. The van der Waals surface area contributed by atoms with Crippen LogP contribution in [0, 0.1) is 0 Å². The Morgan fingerprint density at radius 1 is 1.21 bits per heavy atom. The lowest BCUT2D eigenvalue weighted by Gasteiger charge is -2.03. The highest BCUT2D eigenvalue weighted by Gasteiger charge is 2.06. The van der Waals surface area contributed by atoms with Crippen LogP contribution < -0.4 is 10.6 Å². The van der Waals surface area contributed by atoms with Crippen LogP contribution in [0.5, 0.6) is 0 Å². The Balaban J connectivity index is 1.82. The second kappa shape index (κ2) is 6.68. The molecule has 0 aromatic carbocycles. The van der Waals surface area contributed by atoms with E-state index in [-0.39, 0.29) is 0 Å². The summed E-state index contributed by atoms with van der Waals surface area (Å²) in [5, 5.41) is 14.3. The number of rotatable bonds is 7. The maximum Gasteiger partial charge on any atom is 0.315 e. The Labute approximate surface area is 117 Å². The lowest BCUT2D eigenvalue weighted by Crippen LogP contribution is -2.21. The summed E-state index contributed by atoms with van der Waals surface area (Å²) in [6.45, 7) is 7.65. The zero-order valence-corrected chi connectivity index (χ0v) is 12.4. The lowest BCUT2D eigenvalue weighted by molar-refractivity contribution is 0.458. The zero-order valence-electron chi connectivity index (χ0n) is 11.6. The Kier molecular flexibility index (Phi) is 4.93. The third-order valence-corrected chi connectivity index (χ3v) is 3.84. The van der Waals surface area contributed by atoms with Crippen LogP contribution in [0.2, 0.25) is 0 Å². The van der Waals surface area contributed by atoms with Gasteiger partial charge in [0.2, 0.25) is 5.89 Å². The quantitative estimate of drug-likeness (QED) is 0.816.